The molecule has 2 aliphatic rings. The zero-order chi connectivity index (χ0) is 20.4. The van der Waals surface area contributed by atoms with Gasteiger partial charge in [-0.3, -0.25) is 4.98 Å². The third-order valence-corrected chi connectivity index (χ3v) is 6.51. The number of hydrogen-bond donors (Lipinski definition) is 2. The number of halogens is 1. The molecular weight excluding hydrogens is 395 g/mol. The van der Waals surface area contributed by atoms with Crippen molar-refractivity contribution in [3.05, 3.63) is 48.0 Å². The largest absolute Gasteiger partial charge is 0.506 e. The quantitative estimate of drug-likeness (QED) is 0.657. The van der Waals surface area contributed by atoms with E-state index in [0.29, 0.717) is 24.1 Å². The highest BCUT2D eigenvalue weighted by Crippen LogP contribution is 2.41. The molecule has 0 spiro atoms. The van der Waals surface area contributed by atoms with Crippen molar-refractivity contribution in [3.63, 3.8) is 0 Å². The Hall–Kier alpha value is -2.03. The van der Waals surface area contributed by atoms with Crippen LogP contribution in [0.15, 0.2) is 36.5 Å². The number of nitrogens with zero attached hydrogens (tertiary/aromatic N) is 2. The molecule has 0 radical (unpaired) electrons. The summed E-state index contributed by atoms with van der Waals surface area (Å²) in [5.74, 6) is 1.59. The maximum Gasteiger partial charge on any atom is 0.165 e. The van der Waals surface area contributed by atoms with E-state index in [9.17, 15) is 14.0 Å². The summed E-state index contributed by atoms with van der Waals surface area (Å²) >= 11 is 0.787. The molecule has 6 nitrogen and oxygen atoms in total. The van der Waals surface area contributed by atoms with Crippen LogP contribution < -0.4 is 9.47 Å². The van der Waals surface area contributed by atoms with Crippen molar-refractivity contribution in [2.45, 2.75) is 24.2 Å². The summed E-state index contributed by atoms with van der Waals surface area (Å²) in [6.07, 6.45) is 3.20. The highest BCUT2D eigenvalue weighted by Gasteiger charge is 2.42. The van der Waals surface area contributed by atoms with Gasteiger partial charge in [0.1, 0.15) is 11.5 Å². The van der Waals surface area contributed by atoms with Crippen LogP contribution in [0.25, 0.3) is 0 Å². The van der Waals surface area contributed by atoms with E-state index in [1.165, 1.54) is 12.3 Å². The fourth-order valence-electron chi connectivity index (χ4n) is 4.47. The Labute approximate surface area is 173 Å². The van der Waals surface area contributed by atoms with Crippen LogP contribution in [0.1, 0.15) is 23.8 Å². The predicted molar refractivity (Wildman–Crippen MR) is 109 cm³/mol. The number of hydrogen-bond acceptors (Lipinski definition) is 7. The van der Waals surface area contributed by atoms with Gasteiger partial charge < -0.3 is 24.0 Å². The second-order valence-electron chi connectivity index (χ2n) is 7.78. The second kappa shape index (κ2) is 8.77. The van der Waals surface area contributed by atoms with Crippen LogP contribution in [0.5, 0.6) is 17.2 Å². The van der Waals surface area contributed by atoms with Crippen molar-refractivity contribution in [2.75, 3.05) is 26.7 Å². The van der Waals surface area contributed by atoms with E-state index in [-0.39, 0.29) is 28.7 Å². The molecule has 2 N–H and O–H groups in total. The van der Waals surface area contributed by atoms with Crippen molar-refractivity contribution in [2.24, 2.45) is 11.8 Å². The Balaban J connectivity index is 1.32. The lowest BCUT2D eigenvalue weighted by atomic mass is 10.0. The summed E-state index contributed by atoms with van der Waals surface area (Å²) < 4.78 is 34.9. The highest BCUT2D eigenvalue weighted by molar-refractivity contribution is 7.94. The van der Waals surface area contributed by atoms with Gasteiger partial charge in [0.15, 0.2) is 11.6 Å². The van der Waals surface area contributed by atoms with E-state index in [1.807, 2.05) is 0 Å². The molecular formula is C21H25FN2O4S. The Morgan fingerprint density at radius 1 is 1.24 bits per heavy atom. The molecule has 4 atom stereocenters. The minimum absolute atomic E-state index is 0.00975. The standard InChI is InChI=1S/C21H25FN2O4S/c1-27-16-3-4-18(22)20(8-16)28-17-6-13-10-24(11-14(13)7-17)12-21(29-26)19-5-2-15(25)9-23-19/h2-5,8-9,13-14,17,21,25-26H,6-7,10-12H2,1H3/t13-,14+,17?,21?. The molecule has 1 aromatic heterocycles. The first-order chi connectivity index (χ1) is 14.1. The van der Waals surface area contributed by atoms with E-state index in [1.54, 1.807) is 31.4 Å². The normalized spacial score (nSPS) is 25.0. The highest BCUT2D eigenvalue weighted by atomic mass is 32.2. The lowest BCUT2D eigenvalue weighted by Crippen LogP contribution is -2.28. The third-order valence-electron chi connectivity index (χ3n) is 5.87. The summed E-state index contributed by atoms with van der Waals surface area (Å²) in [5.41, 5.74) is 0.752. The van der Waals surface area contributed by atoms with Gasteiger partial charge >= 0.3 is 0 Å². The van der Waals surface area contributed by atoms with Gasteiger partial charge in [0, 0.05) is 25.7 Å². The number of pyridine rings is 1. The van der Waals surface area contributed by atoms with Gasteiger partial charge in [-0.05, 0) is 61.0 Å². The number of likely N-dealkylation sites (tertiary alicyclic amines) is 1. The molecule has 0 bridgehead atoms. The monoisotopic (exact) mass is 420 g/mol. The zero-order valence-electron chi connectivity index (χ0n) is 16.2. The summed E-state index contributed by atoms with van der Waals surface area (Å²) in [7, 11) is 1.55. The van der Waals surface area contributed by atoms with E-state index in [4.69, 9.17) is 9.47 Å². The first-order valence-electron chi connectivity index (χ1n) is 9.73. The molecule has 2 unspecified atom stereocenters. The lowest BCUT2D eigenvalue weighted by Gasteiger charge is -2.23. The van der Waals surface area contributed by atoms with Gasteiger partial charge in [0.25, 0.3) is 0 Å². The Bertz CT molecular complexity index is 824. The average molecular weight is 421 g/mol. The number of aromatic hydroxyl groups is 1. The number of aromatic nitrogens is 1. The molecule has 1 saturated carbocycles. The van der Waals surface area contributed by atoms with Gasteiger partial charge in [-0.1, -0.05) is 0 Å². The van der Waals surface area contributed by atoms with Crippen LogP contribution in [0, 0.1) is 17.7 Å². The van der Waals surface area contributed by atoms with Crippen LogP contribution in [-0.4, -0.2) is 52.4 Å². The molecule has 29 heavy (non-hydrogen) atoms. The smallest absolute Gasteiger partial charge is 0.165 e. The van der Waals surface area contributed by atoms with Crippen molar-refractivity contribution >= 4 is 12.0 Å². The minimum atomic E-state index is -0.367. The molecule has 1 aliphatic carbocycles. The predicted octanol–water partition coefficient (Wildman–Crippen LogP) is 3.97. The number of ether oxygens (including phenoxy) is 2. The van der Waals surface area contributed by atoms with Gasteiger partial charge in [0.2, 0.25) is 0 Å². The second-order valence-corrected chi connectivity index (χ2v) is 8.56. The number of benzene rings is 1. The Morgan fingerprint density at radius 3 is 2.62 bits per heavy atom. The summed E-state index contributed by atoms with van der Waals surface area (Å²) in [5, 5.41) is 9.24. The zero-order valence-corrected chi connectivity index (χ0v) is 17.0. The molecule has 2 fully saturated rings. The molecule has 156 valence electrons. The van der Waals surface area contributed by atoms with Gasteiger partial charge in [-0.15, -0.1) is 0 Å². The summed E-state index contributed by atoms with van der Waals surface area (Å²) in [4.78, 5) is 6.57. The van der Waals surface area contributed by atoms with Crippen LogP contribution in [-0.2, 0) is 0 Å². The van der Waals surface area contributed by atoms with Crippen LogP contribution in [0.3, 0.4) is 0 Å². The maximum atomic E-state index is 14.0. The molecule has 2 aromatic rings. The van der Waals surface area contributed by atoms with Crippen molar-refractivity contribution < 1.29 is 23.5 Å². The first kappa shape index (κ1) is 20.3. The number of rotatable bonds is 7. The van der Waals surface area contributed by atoms with Crippen LogP contribution >= 0.6 is 12.0 Å². The molecule has 1 aliphatic heterocycles. The van der Waals surface area contributed by atoms with E-state index >= 15 is 0 Å². The van der Waals surface area contributed by atoms with E-state index in [2.05, 4.69) is 9.88 Å². The molecule has 1 aromatic carbocycles. The molecule has 1 saturated heterocycles. The number of fused-ring (bicyclic) bond motifs is 1. The average Bonchev–Trinajstić information content (AvgIpc) is 3.26. The lowest BCUT2D eigenvalue weighted by molar-refractivity contribution is 0.178. The molecule has 8 heteroatoms. The summed E-state index contributed by atoms with van der Waals surface area (Å²) in [6.45, 7) is 2.56. The van der Waals surface area contributed by atoms with Crippen molar-refractivity contribution in [1.29, 1.82) is 0 Å². The SMILES string of the molecule is COc1ccc(F)c(OC2C[C@@H]3CN(CC(SO)c4ccc(O)cn4)C[C@@H]3C2)c1. The van der Waals surface area contributed by atoms with Gasteiger partial charge in [-0.25, -0.2) is 4.39 Å². The Kier molecular flexibility index (Phi) is 6.12. The van der Waals surface area contributed by atoms with E-state index in [0.717, 1.165) is 43.7 Å². The Morgan fingerprint density at radius 2 is 2.00 bits per heavy atom. The fraction of sp³-hybridized carbons (Fsp3) is 0.476. The minimum Gasteiger partial charge on any atom is -0.506 e. The van der Waals surface area contributed by atoms with Crippen molar-refractivity contribution in [1.82, 2.24) is 9.88 Å². The molecule has 4 rings (SSSR count). The maximum absolute atomic E-state index is 14.0. The summed E-state index contributed by atoms with van der Waals surface area (Å²) in [6, 6.07) is 7.89. The van der Waals surface area contributed by atoms with Crippen molar-refractivity contribution in [3.8, 4) is 17.2 Å². The van der Waals surface area contributed by atoms with Gasteiger partial charge in [0.05, 0.1) is 30.4 Å². The van der Waals surface area contributed by atoms with Crippen LogP contribution in [0.4, 0.5) is 4.39 Å². The van der Waals surface area contributed by atoms with Gasteiger partial charge in [-0.2, -0.15) is 0 Å². The topological polar surface area (TPSA) is 75.1 Å². The number of methoxy groups -OCH3 is 1. The third kappa shape index (κ3) is 4.60. The fourth-order valence-corrected chi connectivity index (χ4v) is 5.00. The van der Waals surface area contributed by atoms with E-state index < -0.39 is 0 Å². The molecule has 2 heterocycles. The first-order valence-corrected chi connectivity index (χ1v) is 10.6. The van der Waals surface area contributed by atoms with Crippen LogP contribution in [0.2, 0.25) is 0 Å². The molecule has 0 amide bonds.